The third kappa shape index (κ3) is 5.09. The maximum Gasteiger partial charge on any atom is 0.418 e. The summed E-state index contributed by atoms with van der Waals surface area (Å²) in [4.78, 5) is 0. The van der Waals surface area contributed by atoms with Gasteiger partial charge in [-0.3, -0.25) is 4.68 Å². The number of anilines is 1. The van der Waals surface area contributed by atoms with E-state index in [1.165, 1.54) is 18.2 Å². The van der Waals surface area contributed by atoms with E-state index in [4.69, 9.17) is 23.8 Å². The van der Waals surface area contributed by atoms with Gasteiger partial charge in [0, 0.05) is 13.1 Å². The highest BCUT2D eigenvalue weighted by Crippen LogP contribution is 2.34. The summed E-state index contributed by atoms with van der Waals surface area (Å²) in [6.07, 6.45) is -3.74. The molecule has 9 heteroatoms. The summed E-state index contributed by atoms with van der Waals surface area (Å²) in [5.74, 6) is 0. The second kappa shape index (κ2) is 8.05. The first-order valence-electron chi connectivity index (χ1n) is 7.60. The van der Waals surface area contributed by atoms with Crippen LogP contribution in [0.5, 0.6) is 0 Å². The third-order valence-electron chi connectivity index (χ3n) is 3.61. The van der Waals surface area contributed by atoms with Crippen LogP contribution in [-0.4, -0.2) is 21.4 Å². The minimum absolute atomic E-state index is 0.0715. The Morgan fingerprint density at radius 3 is 2.56 bits per heavy atom. The summed E-state index contributed by atoms with van der Waals surface area (Å²) in [6, 6.07) is 5.21. The van der Waals surface area contributed by atoms with Crippen LogP contribution < -0.4 is 10.6 Å². The van der Waals surface area contributed by atoms with Crippen molar-refractivity contribution in [2.75, 3.05) is 11.9 Å². The Hall–Kier alpha value is -1.80. The number of alkyl halides is 3. The normalized spacial score (nSPS) is 11.4. The second-order valence-corrected chi connectivity index (χ2v) is 6.27. The van der Waals surface area contributed by atoms with Crippen LogP contribution in [0.25, 0.3) is 0 Å². The number of hydrogen-bond donors (Lipinski definition) is 2. The molecule has 0 saturated heterocycles. The van der Waals surface area contributed by atoms with E-state index in [1.54, 1.807) is 4.68 Å². The summed E-state index contributed by atoms with van der Waals surface area (Å²) in [6.45, 7) is 4.85. The van der Waals surface area contributed by atoms with Crippen LogP contribution in [0, 0.1) is 13.8 Å². The fraction of sp³-hybridized carbons (Fsp3) is 0.375. The average molecular weight is 391 g/mol. The molecule has 0 fully saturated rings. The Morgan fingerprint density at radius 2 is 1.96 bits per heavy atom. The smallest absolute Gasteiger partial charge is 0.362 e. The molecule has 1 heterocycles. The van der Waals surface area contributed by atoms with Crippen molar-refractivity contribution in [3.63, 3.8) is 0 Å². The lowest BCUT2D eigenvalue weighted by molar-refractivity contribution is -0.136. The Bertz CT molecular complexity index is 758. The van der Waals surface area contributed by atoms with E-state index in [-0.39, 0.29) is 10.8 Å². The second-order valence-electron chi connectivity index (χ2n) is 5.49. The van der Waals surface area contributed by atoms with Gasteiger partial charge in [-0.2, -0.15) is 18.3 Å². The molecule has 0 saturated carbocycles. The quantitative estimate of drug-likeness (QED) is 0.580. The molecular formula is C16H18ClF3N4S. The van der Waals surface area contributed by atoms with Crippen molar-refractivity contribution in [1.29, 1.82) is 0 Å². The summed E-state index contributed by atoms with van der Waals surface area (Å²) < 4.78 is 40.6. The molecule has 1 aromatic heterocycles. The van der Waals surface area contributed by atoms with E-state index in [0.717, 1.165) is 17.5 Å². The van der Waals surface area contributed by atoms with Crippen LogP contribution >= 0.6 is 23.8 Å². The number of para-hydroxylation sites is 1. The van der Waals surface area contributed by atoms with Crippen LogP contribution in [-0.2, 0) is 12.7 Å². The SMILES string of the molecule is Cc1nn(CCCNC(=S)Nc2ccccc2C(F)(F)F)c(C)c1Cl. The van der Waals surface area contributed by atoms with Crippen molar-refractivity contribution >= 4 is 34.6 Å². The molecule has 0 aliphatic carbocycles. The molecule has 1 aromatic carbocycles. The van der Waals surface area contributed by atoms with E-state index in [2.05, 4.69) is 15.7 Å². The predicted molar refractivity (Wildman–Crippen MR) is 97.0 cm³/mol. The maximum atomic E-state index is 12.9. The molecule has 0 amide bonds. The molecule has 0 unspecified atom stereocenters. The average Bonchev–Trinajstić information content (AvgIpc) is 2.78. The summed E-state index contributed by atoms with van der Waals surface area (Å²) in [5, 5.41) is 10.6. The van der Waals surface area contributed by atoms with Crippen molar-refractivity contribution in [1.82, 2.24) is 15.1 Å². The zero-order valence-electron chi connectivity index (χ0n) is 13.7. The van der Waals surface area contributed by atoms with Crippen LogP contribution in [0.4, 0.5) is 18.9 Å². The summed E-state index contributed by atoms with van der Waals surface area (Å²) in [7, 11) is 0. The summed E-state index contributed by atoms with van der Waals surface area (Å²) >= 11 is 11.1. The molecule has 4 nitrogen and oxygen atoms in total. The van der Waals surface area contributed by atoms with Gasteiger partial charge in [0.2, 0.25) is 0 Å². The van der Waals surface area contributed by atoms with Gasteiger partial charge in [0.05, 0.1) is 27.7 Å². The van der Waals surface area contributed by atoms with E-state index < -0.39 is 11.7 Å². The van der Waals surface area contributed by atoms with Gasteiger partial charge in [-0.15, -0.1) is 0 Å². The lowest BCUT2D eigenvalue weighted by Gasteiger charge is -2.15. The van der Waals surface area contributed by atoms with Gasteiger partial charge in [-0.05, 0) is 44.6 Å². The Labute approximate surface area is 154 Å². The van der Waals surface area contributed by atoms with Crippen molar-refractivity contribution in [2.24, 2.45) is 0 Å². The van der Waals surface area contributed by atoms with Crippen LogP contribution in [0.3, 0.4) is 0 Å². The number of nitrogens with zero attached hydrogens (tertiary/aromatic N) is 2. The Morgan fingerprint density at radius 1 is 1.28 bits per heavy atom. The minimum atomic E-state index is -4.44. The van der Waals surface area contributed by atoms with Gasteiger partial charge in [-0.1, -0.05) is 23.7 Å². The number of aryl methyl sites for hydroxylation is 2. The summed E-state index contributed by atoms with van der Waals surface area (Å²) in [5.41, 5.74) is 0.835. The number of halogens is 4. The highest BCUT2D eigenvalue weighted by atomic mass is 35.5. The monoisotopic (exact) mass is 390 g/mol. The molecule has 0 atom stereocenters. The van der Waals surface area contributed by atoms with E-state index >= 15 is 0 Å². The fourth-order valence-electron chi connectivity index (χ4n) is 2.33. The zero-order valence-corrected chi connectivity index (χ0v) is 15.3. The number of rotatable bonds is 5. The molecule has 0 aliphatic heterocycles. The number of hydrogen-bond acceptors (Lipinski definition) is 2. The topological polar surface area (TPSA) is 41.9 Å². The molecule has 2 rings (SSSR count). The molecule has 0 aliphatic rings. The predicted octanol–water partition coefficient (Wildman–Crippen LogP) is 4.55. The van der Waals surface area contributed by atoms with Gasteiger partial charge in [0.15, 0.2) is 5.11 Å². The highest BCUT2D eigenvalue weighted by Gasteiger charge is 2.33. The van der Waals surface area contributed by atoms with Gasteiger partial charge < -0.3 is 10.6 Å². The largest absolute Gasteiger partial charge is 0.418 e. The van der Waals surface area contributed by atoms with E-state index in [1.807, 2.05) is 13.8 Å². The highest BCUT2D eigenvalue weighted by molar-refractivity contribution is 7.80. The molecule has 0 bridgehead atoms. The number of benzene rings is 1. The number of nitrogens with one attached hydrogen (secondary N) is 2. The Kier molecular flexibility index (Phi) is 6.29. The van der Waals surface area contributed by atoms with Crippen LogP contribution in [0.1, 0.15) is 23.4 Å². The standard InChI is InChI=1S/C16H18ClF3N4S/c1-10-14(17)11(2)24(23-10)9-5-8-21-15(25)22-13-7-4-3-6-12(13)16(18,19)20/h3-4,6-7H,5,8-9H2,1-2H3,(H2,21,22,25). The van der Waals surface area contributed by atoms with E-state index in [9.17, 15) is 13.2 Å². The molecule has 0 radical (unpaired) electrons. The molecule has 25 heavy (non-hydrogen) atoms. The van der Waals surface area contributed by atoms with Crippen molar-refractivity contribution < 1.29 is 13.2 Å². The number of aromatic nitrogens is 2. The maximum absolute atomic E-state index is 12.9. The van der Waals surface area contributed by atoms with Crippen LogP contribution in [0.15, 0.2) is 24.3 Å². The molecular weight excluding hydrogens is 373 g/mol. The van der Waals surface area contributed by atoms with Crippen molar-refractivity contribution in [3.05, 3.63) is 46.2 Å². The lowest BCUT2D eigenvalue weighted by atomic mass is 10.1. The number of thiocarbonyl (C=S) groups is 1. The van der Waals surface area contributed by atoms with Gasteiger partial charge >= 0.3 is 6.18 Å². The molecule has 2 N–H and O–H groups in total. The van der Waals surface area contributed by atoms with E-state index in [0.29, 0.717) is 24.5 Å². The third-order valence-corrected chi connectivity index (χ3v) is 4.40. The molecule has 136 valence electrons. The Balaban J connectivity index is 1.85. The first kappa shape index (κ1) is 19.5. The fourth-order valence-corrected chi connectivity index (χ4v) is 2.68. The van der Waals surface area contributed by atoms with Gasteiger partial charge in [0.25, 0.3) is 0 Å². The minimum Gasteiger partial charge on any atom is -0.362 e. The molecule has 2 aromatic rings. The van der Waals surface area contributed by atoms with Crippen molar-refractivity contribution in [2.45, 2.75) is 33.0 Å². The molecule has 0 spiro atoms. The first-order valence-corrected chi connectivity index (χ1v) is 8.39. The first-order chi connectivity index (χ1) is 11.7. The van der Waals surface area contributed by atoms with Gasteiger partial charge in [0.1, 0.15) is 0 Å². The zero-order chi connectivity index (χ0) is 18.6. The van der Waals surface area contributed by atoms with Crippen molar-refractivity contribution in [3.8, 4) is 0 Å². The van der Waals surface area contributed by atoms with Crippen LogP contribution in [0.2, 0.25) is 5.02 Å². The lowest BCUT2D eigenvalue weighted by Crippen LogP contribution is -2.30. The van der Waals surface area contributed by atoms with Gasteiger partial charge in [-0.25, -0.2) is 0 Å².